The molecule has 2 atom stereocenters. The summed E-state index contributed by atoms with van der Waals surface area (Å²) in [6, 6.07) is -0.612. The average Bonchev–Trinajstić information content (AvgIpc) is 3.26. The number of aliphatic carboxylic acids is 1. The number of nitrogens with zero attached hydrogens (tertiary/aromatic N) is 1. The van der Waals surface area contributed by atoms with Gasteiger partial charge in [0.15, 0.2) is 12.1 Å². The number of carbonyl (C=O) groups excluding carboxylic acids is 2. The van der Waals surface area contributed by atoms with E-state index >= 15 is 0 Å². The highest BCUT2D eigenvalue weighted by Crippen LogP contribution is 2.17. The monoisotopic (exact) mass is 907 g/mol. The highest BCUT2D eigenvalue weighted by atomic mass is 16.6. The molecular weight excluding hydrogens is 799 g/mol. The van der Waals surface area contributed by atoms with Gasteiger partial charge in [0, 0.05) is 19.3 Å². The van der Waals surface area contributed by atoms with Crippen molar-refractivity contribution in [1.82, 2.24) is 0 Å². The van der Waals surface area contributed by atoms with Crippen molar-refractivity contribution >= 4 is 17.9 Å². The molecule has 0 aromatic rings. The van der Waals surface area contributed by atoms with Gasteiger partial charge < -0.3 is 23.8 Å². The molecule has 0 saturated carbocycles. The number of esters is 2. The lowest BCUT2D eigenvalue weighted by atomic mass is 10.0. The lowest BCUT2D eigenvalue weighted by Gasteiger charge is -2.31. The number of ether oxygens (including phenoxy) is 3. The van der Waals surface area contributed by atoms with Gasteiger partial charge in [-0.3, -0.25) is 9.59 Å². The molecule has 0 saturated heterocycles. The Morgan fingerprint density at radius 2 is 0.781 bits per heavy atom. The summed E-state index contributed by atoms with van der Waals surface area (Å²) in [7, 11) is 5.55. The Bertz CT molecular complexity index is 1060. The topological polar surface area (TPSA) is 99.1 Å². The van der Waals surface area contributed by atoms with Crippen LogP contribution in [0.4, 0.5) is 0 Å². The molecule has 0 rings (SSSR count). The van der Waals surface area contributed by atoms with Gasteiger partial charge >= 0.3 is 17.9 Å². The van der Waals surface area contributed by atoms with Gasteiger partial charge in [0.2, 0.25) is 0 Å². The number of hydrogen-bond acceptors (Lipinski definition) is 6. The van der Waals surface area contributed by atoms with E-state index in [1.165, 1.54) is 205 Å². The normalized spacial score (nSPS) is 12.8. The van der Waals surface area contributed by atoms with Crippen molar-refractivity contribution in [2.24, 2.45) is 0 Å². The van der Waals surface area contributed by atoms with Crippen molar-refractivity contribution in [2.75, 3.05) is 41.0 Å². The molecule has 0 aliphatic carbocycles. The number of carbonyl (C=O) groups is 3. The summed E-state index contributed by atoms with van der Waals surface area (Å²) >= 11 is 0. The van der Waals surface area contributed by atoms with Crippen molar-refractivity contribution in [2.45, 2.75) is 289 Å². The van der Waals surface area contributed by atoms with Crippen molar-refractivity contribution in [3.8, 4) is 0 Å². The van der Waals surface area contributed by atoms with Crippen LogP contribution in [0.1, 0.15) is 277 Å². The molecule has 64 heavy (non-hydrogen) atoms. The van der Waals surface area contributed by atoms with E-state index < -0.39 is 18.1 Å². The lowest BCUT2D eigenvalue weighted by molar-refractivity contribution is -0.887. The Labute approximate surface area is 397 Å². The fraction of sp³-hybridized carbons (Fsp3) is 0.911. The summed E-state index contributed by atoms with van der Waals surface area (Å²) in [5.74, 6) is -1.45. The van der Waals surface area contributed by atoms with Crippen LogP contribution in [0.15, 0.2) is 12.2 Å². The highest BCUT2D eigenvalue weighted by Gasteiger charge is 2.31. The number of rotatable bonds is 51. The molecule has 0 spiro atoms. The first kappa shape index (κ1) is 62.1. The third-order valence-corrected chi connectivity index (χ3v) is 12.9. The van der Waals surface area contributed by atoms with E-state index in [1.54, 1.807) is 0 Å². The molecule has 0 bridgehead atoms. The van der Waals surface area contributed by atoms with Crippen molar-refractivity contribution < 1.29 is 38.2 Å². The van der Waals surface area contributed by atoms with E-state index in [0.29, 0.717) is 19.3 Å². The molecule has 2 unspecified atom stereocenters. The second-order valence-electron chi connectivity index (χ2n) is 20.2. The molecule has 0 aliphatic heterocycles. The number of hydrogen-bond donors (Lipinski definition) is 1. The third kappa shape index (κ3) is 45.2. The van der Waals surface area contributed by atoms with Gasteiger partial charge in [-0.1, -0.05) is 231 Å². The Morgan fingerprint density at radius 1 is 0.453 bits per heavy atom. The minimum absolute atomic E-state index is 0.0457. The van der Waals surface area contributed by atoms with Crippen LogP contribution in [0.2, 0.25) is 0 Å². The Balaban J connectivity index is 4.15. The minimum Gasteiger partial charge on any atom is -0.477 e. The number of allylic oxidation sites excluding steroid dienone is 2. The van der Waals surface area contributed by atoms with Crippen LogP contribution in [0.5, 0.6) is 0 Å². The quantitative estimate of drug-likeness (QED) is 0.0281. The average molecular weight is 907 g/mol. The summed E-state index contributed by atoms with van der Waals surface area (Å²) in [5.41, 5.74) is 0. The zero-order valence-corrected chi connectivity index (χ0v) is 43.3. The first-order valence-corrected chi connectivity index (χ1v) is 27.7. The van der Waals surface area contributed by atoms with Gasteiger partial charge in [-0.2, -0.15) is 0 Å². The van der Waals surface area contributed by atoms with E-state index in [9.17, 15) is 19.5 Å². The van der Waals surface area contributed by atoms with Crippen LogP contribution in [-0.4, -0.2) is 80.6 Å². The highest BCUT2D eigenvalue weighted by molar-refractivity contribution is 5.72. The van der Waals surface area contributed by atoms with Gasteiger partial charge in [0.1, 0.15) is 6.61 Å². The van der Waals surface area contributed by atoms with Gasteiger partial charge in [-0.05, 0) is 38.5 Å². The molecular formula is C56H108NO7+. The molecule has 8 nitrogen and oxygen atoms in total. The van der Waals surface area contributed by atoms with Crippen molar-refractivity contribution in [3.63, 3.8) is 0 Å². The third-order valence-electron chi connectivity index (χ3n) is 12.9. The van der Waals surface area contributed by atoms with Crippen LogP contribution < -0.4 is 0 Å². The first-order chi connectivity index (χ1) is 31.1. The van der Waals surface area contributed by atoms with E-state index in [4.69, 9.17) is 14.2 Å². The molecule has 378 valence electrons. The van der Waals surface area contributed by atoms with E-state index in [1.807, 2.05) is 21.1 Å². The van der Waals surface area contributed by atoms with Crippen LogP contribution in [-0.2, 0) is 28.6 Å². The predicted octanol–water partition coefficient (Wildman–Crippen LogP) is 16.2. The van der Waals surface area contributed by atoms with Crippen LogP contribution in [0, 0.1) is 0 Å². The van der Waals surface area contributed by atoms with Gasteiger partial charge in [-0.15, -0.1) is 0 Å². The fourth-order valence-electron chi connectivity index (χ4n) is 8.62. The molecule has 0 aromatic carbocycles. The number of quaternary nitrogens is 1. The summed E-state index contributed by atoms with van der Waals surface area (Å²) in [4.78, 5) is 37.2. The molecule has 0 radical (unpaired) electrons. The Kier molecular flexibility index (Phi) is 46.1. The van der Waals surface area contributed by atoms with E-state index in [-0.39, 0.29) is 36.2 Å². The fourth-order valence-corrected chi connectivity index (χ4v) is 8.62. The summed E-state index contributed by atoms with van der Waals surface area (Å²) < 4.78 is 17.4. The molecule has 0 aromatic heterocycles. The zero-order valence-electron chi connectivity index (χ0n) is 43.3. The maximum Gasteiger partial charge on any atom is 0.362 e. The maximum absolute atomic E-state index is 12.8. The van der Waals surface area contributed by atoms with Gasteiger partial charge in [0.25, 0.3) is 0 Å². The number of likely N-dealkylation sites (N-methyl/N-ethyl adjacent to an activating group) is 1. The van der Waals surface area contributed by atoms with E-state index in [2.05, 4.69) is 26.0 Å². The van der Waals surface area contributed by atoms with Gasteiger partial charge in [0.05, 0.1) is 34.4 Å². The maximum atomic E-state index is 12.8. The lowest BCUT2D eigenvalue weighted by Crippen LogP contribution is -2.50. The number of carboxylic acid groups (broad SMARTS) is 1. The van der Waals surface area contributed by atoms with Crippen molar-refractivity contribution in [1.29, 1.82) is 0 Å². The number of carboxylic acids is 1. The summed E-state index contributed by atoms with van der Waals surface area (Å²) in [5, 5.41) is 9.66. The van der Waals surface area contributed by atoms with Crippen molar-refractivity contribution in [3.05, 3.63) is 12.2 Å². The SMILES string of the molecule is CCCCCCCCC/C=C\CCCCCCCCCC(=O)OC(COCCC(C(=O)O)[N+](C)(C)C)COC(=O)CCCCCCCCCCCCCCCCCCCCCCCC. The molecule has 8 heteroatoms. The van der Waals surface area contributed by atoms with Crippen LogP contribution >= 0.6 is 0 Å². The molecule has 1 N–H and O–H groups in total. The standard InChI is InChI=1S/C56H107NO7/c1-6-8-10-12-14-16-18-20-22-24-26-27-28-29-31-32-34-36-38-40-42-44-46-54(58)63-51-52(50-62-49-48-53(56(60)61)57(3,4)5)64-55(59)47-45-43-41-39-37-35-33-30-25-23-21-19-17-15-13-11-9-7-2/h23,25,52-53H,6-22,24,26-51H2,1-5H3/p+1/b25-23-. The first-order valence-electron chi connectivity index (χ1n) is 27.7. The number of unbranched alkanes of at least 4 members (excludes halogenated alkanes) is 35. The smallest absolute Gasteiger partial charge is 0.362 e. The molecule has 0 amide bonds. The second-order valence-corrected chi connectivity index (χ2v) is 20.2. The zero-order chi connectivity index (χ0) is 47.0. The summed E-state index contributed by atoms with van der Waals surface area (Å²) in [6.07, 6.45) is 54.1. The Morgan fingerprint density at radius 3 is 1.12 bits per heavy atom. The Hall–Kier alpha value is -1.93. The molecule has 0 aliphatic rings. The van der Waals surface area contributed by atoms with Gasteiger partial charge in [-0.25, -0.2) is 4.79 Å². The largest absolute Gasteiger partial charge is 0.477 e. The molecule has 0 heterocycles. The van der Waals surface area contributed by atoms with Crippen LogP contribution in [0.3, 0.4) is 0 Å². The molecule has 0 fully saturated rings. The summed E-state index contributed by atoms with van der Waals surface area (Å²) in [6.45, 7) is 4.79. The van der Waals surface area contributed by atoms with Crippen LogP contribution in [0.25, 0.3) is 0 Å². The minimum atomic E-state index is -0.870. The van der Waals surface area contributed by atoms with E-state index in [0.717, 1.165) is 38.5 Å². The second kappa shape index (κ2) is 47.6. The predicted molar refractivity (Wildman–Crippen MR) is 271 cm³/mol.